The average molecular weight is 634 g/mol. The van der Waals surface area contributed by atoms with E-state index in [1.165, 1.54) is 6.26 Å². The molecule has 45 heavy (non-hydrogen) atoms. The summed E-state index contributed by atoms with van der Waals surface area (Å²) in [6, 6.07) is 11.6. The zero-order valence-corrected chi connectivity index (χ0v) is 27.3. The van der Waals surface area contributed by atoms with Crippen LogP contribution in [-0.4, -0.2) is 55.8 Å². The lowest BCUT2D eigenvalue weighted by molar-refractivity contribution is -0.139. The third-order valence-corrected chi connectivity index (χ3v) is 8.30. The number of amides is 2. The fourth-order valence-electron chi connectivity index (χ4n) is 5.86. The fraction of sp³-hybridized carbons (Fsp3) is 0.441. The van der Waals surface area contributed by atoms with Gasteiger partial charge in [-0.05, 0) is 74.4 Å². The van der Waals surface area contributed by atoms with Crippen LogP contribution in [-0.2, 0) is 19.6 Å². The molecule has 2 aliphatic rings. The summed E-state index contributed by atoms with van der Waals surface area (Å²) in [5, 5.41) is 3.23. The Morgan fingerprint density at radius 1 is 1.07 bits per heavy atom. The first-order valence-electron chi connectivity index (χ1n) is 14.9. The quantitative estimate of drug-likeness (QED) is 0.345. The van der Waals surface area contributed by atoms with Gasteiger partial charge < -0.3 is 19.4 Å². The van der Waals surface area contributed by atoms with E-state index in [9.17, 15) is 22.8 Å². The zero-order chi connectivity index (χ0) is 32.8. The predicted molar refractivity (Wildman–Crippen MR) is 173 cm³/mol. The van der Waals surface area contributed by atoms with Crippen LogP contribution in [0.4, 0.5) is 10.5 Å². The van der Waals surface area contributed by atoms with Crippen molar-refractivity contribution in [3.05, 3.63) is 64.5 Å². The summed E-state index contributed by atoms with van der Waals surface area (Å²) in [5.41, 5.74) is 0.669. The summed E-state index contributed by atoms with van der Waals surface area (Å²) < 4.78 is 36.7. The second-order valence-electron chi connectivity index (χ2n) is 13.9. The molecule has 0 unspecified atom stereocenters. The van der Waals surface area contributed by atoms with Gasteiger partial charge in [-0.3, -0.25) is 14.3 Å². The van der Waals surface area contributed by atoms with Crippen molar-refractivity contribution < 1.29 is 27.2 Å². The summed E-state index contributed by atoms with van der Waals surface area (Å²) >= 11 is 0. The van der Waals surface area contributed by atoms with Gasteiger partial charge in [-0.1, -0.05) is 44.7 Å². The van der Waals surface area contributed by atoms with E-state index < -0.39 is 27.3 Å². The molecule has 2 fully saturated rings. The molecule has 1 saturated heterocycles. The van der Waals surface area contributed by atoms with E-state index in [-0.39, 0.29) is 22.7 Å². The van der Waals surface area contributed by atoms with E-state index in [4.69, 9.17) is 9.15 Å². The van der Waals surface area contributed by atoms with Crippen molar-refractivity contribution in [1.82, 2.24) is 10.2 Å². The molecule has 10 nitrogen and oxygen atoms in total. The standard InChI is InChI=1S/C34H39N3O7S/c1-32(2,3)21-33(4,5)44-31(40)35-34(15-16-34)30(39)37-18-23(19-37)8-7-22-9-14-26-28(17-22)43-20-27(29(26)38)24-10-12-25(13-11-24)36-45(6,41)42/h9-14,17,20,23,36H,15-16,18-19,21H2,1-6H3,(H,35,40). The lowest BCUT2D eigenvalue weighted by Gasteiger charge is -2.39. The molecule has 1 saturated carbocycles. The number of anilines is 1. The van der Waals surface area contributed by atoms with E-state index in [0.29, 0.717) is 65.7 Å². The van der Waals surface area contributed by atoms with Gasteiger partial charge in [-0.15, -0.1) is 0 Å². The molecule has 0 radical (unpaired) electrons. The van der Waals surface area contributed by atoms with Gasteiger partial charge in [-0.25, -0.2) is 13.2 Å². The maximum absolute atomic E-state index is 13.2. The normalized spacial score (nSPS) is 16.3. The largest absolute Gasteiger partial charge is 0.463 e. The van der Waals surface area contributed by atoms with Gasteiger partial charge in [0, 0.05) is 24.3 Å². The molecule has 5 rings (SSSR count). The maximum Gasteiger partial charge on any atom is 0.408 e. The van der Waals surface area contributed by atoms with Gasteiger partial charge in [0.1, 0.15) is 23.0 Å². The molecule has 3 aromatic rings. The SMILES string of the molecule is CC(C)(C)CC(C)(C)OC(=O)NC1(C(=O)N2CC(C#Cc3ccc4c(=O)c(-c5ccc(NS(C)(=O)=O)cc5)coc4c3)C2)CC1. The number of carbonyl (C=O) groups is 2. The van der Waals surface area contributed by atoms with Gasteiger partial charge in [0.15, 0.2) is 5.43 Å². The third-order valence-electron chi connectivity index (χ3n) is 7.69. The summed E-state index contributed by atoms with van der Waals surface area (Å²) in [6.07, 6.45) is 3.75. The van der Waals surface area contributed by atoms with Crippen LogP contribution in [0.25, 0.3) is 22.1 Å². The minimum Gasteiger partial charge on any atom is -0.463 e. The summed E-state index contributed by atoms with van der Waals surface area (Å²) in [7, 11) is -3.40. The van der Waals surface area contributed by atoms with Gasteiger partial charge in [0.05, 0.1) is 23.1 Å². The molecule has 0 atom stereocenters. The highest BCUT2D eigenvalue weighted by molar-refractivity contribution is 7.92. The zero-order valence-electron chi connectivity index (χ0n) is 26.4. The number of rotatable bonds is 7. The highest BCUT2D eigenvalue weighted by Gasteiger charge is 2.55. The Morgan fingerprint density at radius 3 is 2.33 bits per heavy atom. The molecule has 0 spiro atoms. The minimum absolute atomic E-state index is 0.00680. The molecule has 0 bridgehead atoms. The van der Waals surface area contributed by atoms with Crippen LogP contribution in [0.15, 0.2) is 57.9 Å². The number of hydrogen-bond acceptors (Lipinski definition) is 7. The van der Waals surface area contributed by atoms with Gasteiger partial charge in [0.2, 0.25) is 15.9 Å². The van der Waals surface area contributed by atoms with Crippen molar-refractivity contribution in [3.8, 4) is 23.0 Å². The topological polar surface area (TPSA) is 135 Å². The monoisotopic (exact) mass is 633 g/mol. The van der Waals surface area contributed by atoms with E-state index in [1.807, 2.05) is 13.8 Å². The fourth-order valence-corrected chi connectivity index (χ4v) is 6.43. The Labute approximate surface area is 263 Å². The first kappa shape index (κ1) is 32.1. The van der Waals surface area contributed by atoms with Crippen molar-refractivity contribution in [2.24, 2.45) is 11.3 Å². The first-order chi connectivity index (χ1) is 20.9. The molecule has 1 aliphatic heterocycles. The Bertz CT molecular complexity index is 1870. The van der Waals surface area contributed by atoms with Crippen LogP contribution in [0.2, 0.25) is 0 Å². The summed E-state index contributed by atoms with van der Waals surface area (Å²) in [6.45, 7) is 11.0. The number of alkyl carbamates (subject to hydrolysis) is 1. The molecule has 238 valence electrons. The Morgan fingerprint density at radius 2 is 1.73 bits per heavy atom. The molecule has 2 amide bonds. The number of sulfonamides is 1. The highest BCUT2D eigenvalue weighted by atomic mass is 32.2. The molecule has 11 heteroatoms. The Balaban J connectivity index is 1.18. The van der Waals surface area contributed by atoms with Gasteiger partial charge >= 0.3 is 6.09 Å². The number of carbonyl (C=O) groups excluding carboxylic acids is 2. The maximum atomic E-state index is 13.2. The number of nitrogens with zero attached hydrogens (tertiary/aromatic N) is 1. The van der Waals surface area contributed by atoms with Crippen molar-refractivity contribution in [1.29, 1.82) is 0 Å². The summed E-state index contributed by atoms with van der Waals surface area (Å²) in [4.78, 5) is 40.7. The van der Waals surface area contributed by atoms with Crippen LogP contribution in [0.1, 0.15) is 59.4 Å². The molecule has 2 N–H and O–H groups in total. The van der Waals surface area contributed by atoms with Crippen LogP contribution < -0.4 is 15.5 Å². The number of hydrogen-bond donors (Lipinski definition) is 2. The Kier molecular flexibility index (Phi) is 8.25. The number of ether oxygens (including phenoxy) is 1. The number of benzene rings is 2. The second kappa shape index (κ2) is 11.6. The average Bonchev–Trinajstić information content (AvgIpc) is 3.66. The second-order valence-corrected chi connectivity index (χ2v) is 15.7. The van der Waals surface area contributed by atoms with Crippen molar-refractivity contribution in [3.63, 3.8) is 0 Å². The molecule has 1 aromatic heterocycles. The van der Waals surface area contributed by atoms with E-state index >= 15 is 0 Å². The lowest BCUT2D eigenvalue weighted by Crippen LogP contribution is -2.58. The smallest absolute Gasteiger partial charge is 0.408 e. The van der Waals surface area contributed by atoms with E-state index in [1.54, 1.807) is 47.4 Å². The molecule has 2 heterocycles. The third kappa shape index (κ3) is 7.87. The molecule has 2 aromatic carbocycles. The number of nitrogens with one attached hydrogen (secondary N) is 2. The lowest BCUT2D eigenvalue weighted by atomic mass is 9.84. The van der Waals surface area contributed by atoms with Gasteiger partial charge in [-0.2, -0.15) is 0 Å². The highest BCUT2D eigenvalue weighted by Crippen LogP contribution is 2.39. The van der Waals surface area contributed by atoms with Crippen molar-refractivity contribution >= 4 is 38.7 Å². The summed E-state index contributed by atoms with van der Waals surface area (Å²) in [5.74, 6) is 6.21. The van der Waals surface area contributed by atoms with Crippen LogP contribution in [0, 0.1) is 23.2 Å². The van der Waals surface area contributed by atoms with Crippen molar-refractivity contribution in [2.75, 3.05) is 24.1 Å². The predicted octanol–water partition coefficient (Wildman–Crippen LogP) is 5.12. The molecular weight excluding hydrogens is 594 g/mol. The Hall–Kier alpha value is -4.30. The first-order valence-corrected chi connectivity index (χ1v) is 16.8. The van der Waals surface area contributed by atoms with E-state index in [2.05, 4.69) is 42.7 Å². The molecule has 1 aliphatic carbocycles. The minimum atomic E-state index is -3.40. The van der Waals surface area contributed by atoms with Crippen LogP contribution in [0.3, 0.4) is 0 Å². The van der Waals surface area contributed by atoms with Crippen LogP contribution >= 0.6 is 0 Å². The van der Waals surface area contributed by atoms with Crippen LogP contribution in [0.5, 0.6) is 0 Å². The molecular formula is C34H39N3O7S. The van der Waals surface area contributed by atoms with Gasteiger partial charge in [0.25, 0.3) is 0 Å². The van der Waals surface area contributed by atoms with Crippen molar-refractivity contribution in [2.45, 2.75) is 65.0 Å². The van der Waals surface area contributed by atoms with E-state index in [0.717, 1.165) is 6.26 Å². The number of fused-ring (bicyclic) bond motifs is 1. The number of likely N-dealkylation sites (tertiary alicyclic amines) is 1.